The van der Waals surface area contributed by atoms with Crippen LogP contribution in [0, 0.1) is 6.92 Å². The molecule has 4 heteroatoms. The summed E-state index contributed by atoms with van der Waals surface area (Å²) in [6, 6.07) is 1.85. The summed E-state index contributed by atoms with van der Waals surface area (Å²) in [6.07, 6.45) is 3.10. The SMILES string of the molecule is Cc1ccnnc1/C=N\N. The van der Waals surface area contributed by atoms with Gasteiger partial charge in [0.15, 0.2) is 0 Å². The van der Waals surface area contributed by atoms with Crippen LogP contribution in [0.1, 0.15) is 11.3 Å². The molecule has 0 fully saturated rings. The zero-order valence-electron chi connectivity index (χ0n) is 5.65. The van der Waals surface area contributed by atoms with Crippen molar-refractivity contribution in [3.05, 3.63) is 23.5 Å². The molecule has 1 rings (SSSR count). The monoisotopic (exact) mass is 136 g/mol. The highest BCUT2D eigenvalue weighted by atomic mass is 15.1. The molecular formula is C6H8N4. The van der Waals surface area contributed by atoms with Gasteiger partial charge in [-0.15, -0.1) is 5.10 Å². The Balaban J connectivity index is 3.03. The van der Waals surface area contributed by atoms with Crippen molar-refractivity contribution in [2.45, 2.75) is 6.92 Å². The number of aryl methyl sites for hydroxylation is 1. The Labute approximate surface area is 58.8 Å². The first-order chi connectivity index (χ1) is 4.84. The maximum atomic E-state index is 4.93. The van der Waals surface area contributed by atoms with E-state index in [0.29, 0.717) is 5.69 Å². The van der Waals surface area contributed by atoms with Gasteiger partial charge < -0.3 is 5.84 Å². The van der Waals surface area contributed by atoms with Gasteiger partial charge in [0.2, 0.25) is 0 Å². The fourth-order valence-corrected chi connectivity index (χ4v) is 0.603. The summed E-state index contributed by atoms with van der Waals surface area (Å²) in [7, 11) is 0. The predicted octanol–water partition coefficient (Wildman–Crippen LogP) is 0.0776. The van der Waals surface area contributed by atoms with Crippen molar-refractivity contribution >= 4 is 6.21 Å². The Hall–Kier alpha value is -1.45. The fraction of sp³-hybridized carbons (Fsp3) is 0.167. The molecule has 1 heterocycles. The third kappa shape index (κ3) is 1.28. The van der Waals surface area contributed by atoms with Crippen LogP contribution in [-0.4, -0.2) is 16.4 Å². The Kier molecular flexibility index (Phi) is 1.94. The molecule has 0 aromatic carbocycles. The lowest BCUT2D eigenvalue weighted by molar-refractivity contribution is 1.00. The molecule has 0 unspecified atom stereocenters. The molecule has 0 aliphatic rings. The molecule has 1 aromatic heterocycles. The van der Waals surface area contributed by atoms with E-state index < -0.39 is 0 Å². The first-order valence-corrected chi connectivity index (χ1v) is 2.86. The van der Waals surface area contributed by atoms with Gasteiger partial charge >= 0.3 is 0 Å². The van der Waals surface area contributed by atoms with Crippen LogP contribution in [0.15, 0.2) is 17.4 Å². The van der Waals surface area contributed by atoms with Crippen LogP contribution in [0.2, 0.25) is 0 Å². The van der Waals surface area contributed by atoms with E-state index in [1.807, 2.05) is 13.0 Å². The molecule has 0 saturated carbocycles. The van der Waals surface area contributed by atoms with E-state index in [2.05, 4.69) is 15.3 Å². The number of nitrogens with two attached hydrogens (primary N) is 1. The first-order valence-electron chi connectivity index (χ1n) is 2.86. The lowest BCUT2D eigenvalue weighted by Crippen LogP contribution is -1.95. The minimum absolute atomic E-state index is 0.713. The van der Waals surface area contributed by atoms with Gasteiger partial charge in [0, 0.05) is 6.20 Å². The van der Waals surface area contributed by atoms with Crippen LogP contribution in [-0.2, 0) is 0 Å². The normalized spacial score (nSPS) is 10.5. The highest BCUT2D eigenvalue weighted by Gasteiger charge is 1.92. The molecule has 4 nitrogen and oxygen atoms in total. The zero-order chi connectivity index (χ0) is 7.40. The van der Waals surface area contributed by atoms with Gasteiger partial charge in [-0.05, 0) is 18.6 Å². The van der Waals surface area contributed by atoms with Crippen LogP contribution < -0.4 is 5.84 Å². The summed E-state index contributed by atoms with van der Waals surface area (Å²) in [4.78, 5) is 0. The number of nitrogens with zero attached hydrogens (tertiary/aromatic N) is 3. The zero-order valence-corrected chi connectivity index (χ0v) is 5.65. The van der Waals surface area contributed by atoms with Crippen molar-refractivity contribution in [3.8, 4) is 0 Å². The smallest absolute Gasteiger partial charge is 0.109 e. The fourth-order valence-electron chi connectivity index (χ4n) is 0.603. The molecule has 0 saturated heterocycles. The van der Waals surface area contributed by atoms with Crippen LogP contribution in [0.3, 0.4) is 0 Å². The Morgan fingerprint density at radius 3 is 3.10 bits per heavy atom. The maximum absolute atomic E-state index is 4.93. The Morgan fingerprint density at radius 2 is 2.50 bits per heavy atom. The van der Waals surface area contributed by atoms with Crippen molar-refractivity contribution in [1.82, 2.24) is 10.2 Å². The number of aromatic nitrogens is 2. The van der Waals surface area contributed by atoms with E-state index in [9.17, 15) is 0 Å². The minimum atomic E-state index is 0.713. The van der Waals surface area contributed by atoms with Crippen LogP contribution in [0.25, 0.3) is 0 Å². The maximum Gasteiger partial charge on any atom is 0.109 e. The minimum Gasteiger partial charge on any atom is -0.323 e. The van der Waals surface area contributed by atoms with Crippen molar-refractivity contribution in [2.75, 3.05) is 0 Å². The van der Waals surface area contributed by atoms with Gasteiger partial charge in [-0.2, -0.15) is 10.2 Å². The second kappa shape index (κ2) is 2.91. The van der Waals surface area contributed by atoms with E-state index in [0.717, 1.165) is 5.56 Å². The average Bonchev–Trinajstić information content (AvgIpc) is 1.94. The van der Waals surface area contributed by atoms with Gasteiger partial charge in [-0.25, -0.2) is 0 Å². The molecule has 52 valence electrons. The van der Waals surface area contributed by atoms with Crippen molar-refractivity contribution < 1.29 is 0 Å². The highest BCUT2D eigenvalue weighted by Crippen LogP contribution is 1.96. The number of hydrazone groups is 1. The van der Waals surface area contributed by atoms with Crippen LogP contribution in [0.5, 0.6) is 0 Å². The van der Waals surface area contributed by atoms with Crippen LogP contribution in [0.4, 0.5) is 0 Å². The molecular weight excluding hydrogens is 128 g/mol. The van der Waals surface area contributed by atoms with E-state index in [1.165, 1.54) is 6.21 Å². The molecule has 10 heavy (non-hydrogen) atoms. The second-order valence-electron chi connectivity index (χ2n) is 1.88. The summed E-state index contributed by atoms with van der Waals surface area (Å²) < 4.78 is 0. The standard InChI is InChI=1S/C6H8N4/c1-5-2-3-9-10-6(5)4-8-7/h2-4H,7H2,1H3/b8-4-. The largest absolute Gasteiger partial charge is 0.323 e. The quantitative estimate of drug-likeness (QED) is 0.338. The van der Waals surface area contributed by atoms with E-state index in [4.69, 9.17) is 5.84 Å². The summed E-state index contributed by atoms with van der Waals surface area (Å²) in [5.74, 6) is 4.93. The first kappa shape index (κ1) is 6.67. The van der Waals surface area contributed by atoms with E-state index >= 15 is 0 Å². The molecule has 2 N–H and O–H groups in total. The van der Waals surface area contributed by atoms with Gasteiger partial charge in [-0.1, -0.05) is 0 Å². The molecule has 0 atom stereocenters. The summed E-state index contributed by atoms with van der Waals surface area (Å²) in [5.41, 5.74) is 1.73. The highest BCUT2D eigenvalue weighted by molar-refractivity contribution is 5.78. The van der Waals surface area contributed by atoms with Crippen LogP contribution >= 0.6 is 0 Å². The third-order valence-electron chi connectivity index (χ3n) is 1.16. The van der Waals surface area contributed by atoms with E-state index in [1.54, 1.807) is 6.20 Å². The number of hydrogen-bond donors (Lipinski definition) is 1. The molecule has 0 bridgehead atoms. The number of rotatable bonds is 1. The molecule has 0 spiro atoms. The van der Waals surface area contributed by atoms with Gasteiger partial charge in [0.25, 0.3) is 0 Å². The van der Waals surface area contributed by atoms with E-state index in [-0.39, 0.29) is 0 Å². The third-order valence-corrected chi connectivity index (χ3v) is 1.16. The van der Waals surface area contributed by atoms with Gasteiger partial charge in [0.05, 0.1) is 6.21 Å². The van der Waals surface area contributed by atoms with Gasteiger partial charge in [-0.3, -0.25) is 0 Å². The second-order valence-corrected chi connectivity index (χ2v) is 1.88. The Bertz CT molecular complexity index is 243. The summed E-state index contributed by atoms with van der Waals surface area (Å²) in [5, 5.41) is 10.8. The average molecular weight is 136 g/mol. The lowest BCUT2D eigenvalue weighted by atomic mass is 10.2. The summed E-state index contributed by atoms with van der Waals surface area (Å²) in [6.45, 7) is 1.92. The van der Waals surface area contributed by atoms with Crippen molar-refractivity contribution in [1.29, 1.82) is 0 Å². The van der Waals surface area contributed by atoms with Crippen molar-refractivity contribution in [3.63, 3.8) is 0 Å². The van der Waals surface area contributed by atoms with Gasteiger partial charge in [0.1, 0.15) is 5.69 Å². The molecule has 1 aromatic rings. The Morgan fingerprint density at radius 1 is 1.70 bits per heavy atom. The molecule has 0 radical (unpaired) electrons. The number of hydrogen-bond acceptors (Lipinski definition) is 4. The summed E-state index contributed by atoms with van der Waals surface area (Å²) >= 11 is 0. The molecule has 0 aliphatic carbocycles. The lowest BCUT2D eigenvalue weighted by Gasteiger charge is -1.92. The topological polar surface area (TPSA) is 64.2 Å². The molecule has 0 amide bonds. The predicted molar refractivity (Wildman–Crippen MR) is 38.6 cm³/mol. The molecule has 0 aliphatic heterocycles. The van der Waals surface area contributed by atoms with Crippen molar-refractivity contribution in [2.24, 2.45) is 10.9 Å².